The third kappa shape index (κ3) is 9.38. The van der Waals surface area contributed by atoms with Crippen LogP contribution in [0.15, 0.2) is 0 Å². The summed E-state index contributed by atoms with van der Waals surface area (Å²) in [6.07, 6.45) is 0. The molecule has 0 aliphatic heterocycles. The molecule has 0 heterocycles. The number of rotatable bonds is 0. The molecule has 0 spiro atoms. The van der Waals surface area contributed by atoms with Crippen molar-refractivity contribution in [3.05, 3.63) is 0 Å². The van der Waals surface area contributed by atoms with Gasteiger partial charge in [0.2, 0.25) is 0 Å². The molecule has 0 nitrogen and oxygen atoms in total. The van der Waals surface area contributed by atoms with Crippen LogP contribution in [0.4, 0.5) is 0 Å². The fraction of sp³-hybridized carbons (Fsp3) is 0. The van der Waals surface area contributed by atoms with E-state index < -0.39 is 0 Å². The molecular formula is H3CrNiPSi. The maximum absolute atomic E-state index is 0. The average molecular weight is 173 g/mol. The second-order valence-electron chi connectivity index (χ2n) is 0. The summed E-state index contributed by atoms with van der Waals surface area (Å²) in [6, 6.07) is 0. The zero-order chi connectivity index (χ0) is 0. The zero-order valence-corrected chi connectivity index (χ0v) is 6.61. The standard InChI is InChI=1S/Cr.Ni.H3P.Si/h;;1H3;. The zero-order valence-electron chi connectivity index (χ0n) is 1.93. The van der Waals surface area contributed by atoms with Gasteiger partial charge in [-0.2, -0.15) is 9.90 Å². The molecule has 0 fully saturated rings. The molecule has 0 aliphatic carbocycles. The Balaban J connectivity index is 0. The number of hydrogen-bond acceptors (Lipinski definition) is 0. The Hall–Kier alpha value is 1.67. The van der Waals surface area contributed by atoms with Gasteiger partial charge in [-0.15, -0.1) is 0 Å². The Morgan fingerprint density at radius 3 is 1.00 bits per heavy atom. The fourth-order valence-electron chi connectivity index (χ4n) is 0. The Morgan fingerprint density at radius 1 is 1.00 bits per heavy atom. The first-order valence-corrected chi connectivity index (χ1v) is 0. The van der Waals surface area contributed by atoms with Gasteiger partial charge in [0.1, 0.15) is 0 Å². The van der Waals surface area contributed by atoms with Crippen LogP contribution in [0.1, 0.15) is 0 Å². The predicted octanol–water partition coefficient (Wildman–Crippen LogP) is -0.328. The minimum atomic E-state index is 0. The summed E-state index contributed by atoms with van der Waals surface area (Å²) in [5.74, 6) is 0. The number of hydrogen-bond donors (Lipinski definition) is 0. The molecule has 0 aliphatic rings. The maximum Gasteiger partial charge on any atom is 0 e. The fourth-order valence-corrected chi connectivity index (χ4v) is 0. The summed E-state index contributed by atoms with van der Waals surface area (Å²) in [5.41, 5.74) is 0. The molecule has 1 unspecified atom stereocenters. The normalized spacial score (nSPS) is 0. The summed E-state index contributed by atoms with van der Waals surface area (Å²) in [7, 11) is 0. The van der Waals surface area contributed by atoms with Crippen LogP contribution in [0.3, 0.4) is 0 Å². The van der Waals surface area contributed by atoms with Crippen molar-refractivity contribution in [1.29, 1.82) is 0 Å². The van der Waals surface area contributed by atoms with Crippen LogP contribution in [0, 0.1) is 0 Å². The topological polar surface area (TPSA) is 0 Å². The Bertz CT molecular complexity index is 8.00. The molecule has 4 radical (unpaired) electrons. The summed E-state index contributed by atoms with van der Waals surface area (Å²) >= 11 is 0. The van der Waals surface area contributed by atoms with E-state index in [0.29, 0.717) is 0 Å². The van der Waals surface area contributed by atoms with Gasteiger partial charge in [0.05, 0.1) is 0 Å². The van der Waals surface area contributed by atoms with E-state index in [-0.39, 0.29) is 54.7 Å². The molecule has 0 saturated heterocycles. The Morgan fingerprint density at radius 2 is 1.00 bits per heavy atom. The van der Waals surface area contributed by atoms with E-state index in [1.165, 1.54) is 0 Å². The predicted molar refractivity (Wildman–Crippen MR) is 16.9 cm³/mol. The second kappa shape index (κ2) is 22.5. The van der Waals surface area contributed by atoms with Crippen molar-refractivity contribution < 1.29 is 33.9 Å². The van der Waals surface area contributed by atoms with Gasteiger partial charge in [-0.1, -0.05) is 0 Å². The van der Waals surface area contributed by atoms with E-state index in [1.807, 2.05) is 0 Å². The third-order valence-electron chi connectivity index (χ3n) is 0. The van der Waals surface area contributed by atoms with Gasteiger partial charge in [-0.05, 0) is 0 Å². The largest absolute Gasteiger partial charge is 0.153 e. The maximum atomic E-state index is 0. The molecule has 28 valence electrons. The molecule has 0 aromatic rings. The van der Waals surface area contributed by atoms with Crippen LogP contribution >= 0.6 is 9.90 Å². The molecule has 0 amide bonds. The van der Waals surface area contributed by atoms with E-state index in [4.69, 9.17) is 0 Å². The van der Waals surface area contributed by atoms with E-state index in [2.05, 4.69) is 0 Å². The van der Waals surface area contributed by atoms with Crippen molar-refractivity contribution in [3.63, 3.8) is 0 Å². The molecule has 4 heteroatoms. The van der Waals surface area contributed by atoms with Crippen molar-refractivity contribution in [2.24, 2.45) is 0 Å². The summed E-state index contributed by atoms with van der Waals surface area (Å²) < 4.78 is 0. The summed E-state index contributed by atoms with van der Waals surface area (Å²) in [6.45, 7) is 0. The van der Waals surface area contributed by atoms with Crippen LogP contribution in [0.5, 0.6) is 0 Å². The van der Waals surface area contributed by atoms with Crippen molar-refractivity contribution >= 4 is 20.9 Å². The molecule has 0 rings (SSSR count). The minimum absolute atomic E-state index is 0. The van der Waals surface area contributed by atoms with Gasteiger partial charge in [0.15, 0.2) is 0 Å². The van der Waals surface area contributed by atoms with Crippen LogP contribution in [0.25, 0.3) is 0 Å². The quantitative estimate of drug-likeness (QED) is 0.347. The van der Waals surface area contributed by atoms with Crippen molar-refractivity contribution in [3.8, 4) is 0 Å². The molecule has 0 bridgehead atoms. The molecule has 0 aromatic carbocycles. The van der Waals surface area contributed by atoms with Crippen LogP contribution in [-0.4, -0.2) is 11.0 Å². The van der Waals surface area contributed by atoms with Crippen LogP contribution in [-0.2, 0) is 33.9 Å². The first kappa shape index (κ1) is 44.3. The van der Waals surface area contributed by atoms with Gasteiger partial charge in [-0.3, -0.25) is 0 Å². The monoisotopic (exact) mass is 172 g/mol. The molecular weight excluding hydrogens is 170 g/mol. The summed E-state index contributed by atoms with van der Waals surface area (Å²) in [5, 5.41) is 0. The van der Waals surface area contributed by atoms with Gasteiger partial charge >= 0.3 is 0 Å². The third-order valence-corrected chi connectivity index (χ3v) is 0. The van der Waals surface area contributed by atoms with Gasteiger partial charge in [-0.25, -0.2) is 0 Å². The smallest absolute Gasteiger partial charge is 0 e. The van der Waals surface area contributed by atoms with Gasteiger partial charge in [0, 0.05) is 44.8 Å². The average Bonchev–Trinajstić information content (AvgIpc) is 0. The minimum Gasteiger partial charge on any atom is -0.153 e. The van der Waals surface area contributed by atoms with Gasteiger partial charge < -0.3 is 0 Å². The second-order valence-corrected chi connectivity index (χ2v) is 0. The summed E-state index contributed by atoms with van der Waals surface area (Å²) in [4.78, 5) is 0. The first-order valence-electron chi connectivity index (χ1n) is 0. The van der Waals surface area contributed by atoms with E-state index in [1.54, 1.807) is 0 Å². The Kier molecular flexibility index (Phi) is 249. The van der Waals surface area contributed by atoms with Gasteiger partial charge in [0.25, 0.3) is 0 Å². The Labute approximate surface area is 54.8 Å². The van der Waals surface area contributed by atoms with Crippen molar-refractivity contribution in [2.45, 2.75) is 0 Å². The van der Waals surface area contributed by atoms with E-state index >= 15 is 0 Å². The molecule has 0 saturated carbocycles. The van der Waals surface area contributed by atoms with E-state index in [9.17, 15) is 0 Å². The SMILES string of the molecule is P.[Cr].[Ni].[Si]. The molecule has 4 heavy (non-hydrogen) atoms. The van der Waals surface area contributed by atoms with E-state index in [0.717, 1.165) is 0 Å². The van der Waals surface area contributed by atoms with Crippen molar-refractivity contribution in [1.82, 2.24) is 0 Å². The van der Waals surface area contributed by atoms with Crippen molar-refractivity contribution in [2.75, 3.05) is 0 Å². The molecule has 1 atom stereocenters. The van der Waals surface area contributed by atoms with Crippen LogP contribution < -0.4 is 0 Å². The van der Waals surface area contributed by atoms with Crippen LogP contribution in [0.2, 0.25) is 0 Å². The first-order chi connectivity index (χ1) is 0. The molecule has 0 N–H and O–H groups in total. The molecule has 0 aromatic heterocycles.